The van der Waals surface area contributed by atoms with Gasteiger partial charge in [-0.3, -0.25) is 0 Å². The van der Waals surface area contributed by atoms with E-state index in [-0.39, 0.29) is 0 Å². The van der Waals surface area contributed by atoms with Crippen LogP contribution in [0.25, 0.3) is 0 Å². The van der Waals surface area contributed by atoms with Gasteiger partial charge < -0.3 is 10.1 Å². The minimum absolute atomic E-state index is 0.553. The van der Waals surface area contributed by atoms with E-state index < -0.39 is 0 Å². The summed E-state index contributed by atoms with van der Waals surface area (Å²) >= 11 is 0. The normalized spacial score (nSPS) is 22.9. The highest BCUT2D eigenvalue weighted by atomic mass is 16.5. The van der Waals surface area contributed by atoms with Crippen molar-refractivity contribution in [2.45, 2.75) is 70.9 Å². The van der Waals surface area contributed by atoms with Crippen molar-refractivity contribution in [2.75, 3.05) is 13.7 Å². The maximum absolute atomic E-state index is 5.68. The van der Waals surface area contributed by atoms with E-state index >= 15 is 0 Å². The zero-order valence-corrected chi connectivity index (χ0v) is 11.3. The molecule has 1 aliphatic rings. The molecule has 16 heavy (non-hydrogen) atoms. The molecule has 0 aromatic carbocycles. The molecule has 1 saturated heterocycles. The van der Waals surface area contributed by atoms with Crippen LogP contribution in [-0.4, -0.2) is 25.8 Å². The van der Waals surface area contributed by atoms with Gasteiger partial charge in [0.1, 0.15) is 0 Å². The Balaban J connectivity index is 2.19. The lowest BCUT2D eigenvalue weighted by molar-refractivity contribution is 0.0988. The monoisotopic (exact) mass is 227 g/mol. The molecule has 1 heterocycles. The lowest BCUT2D eigenvalue weighted by Gasteiger charge is -2.22. The fraction of sp³-hybridized carbons (Fsp3) is 1.00. The highest BCUT2D eigenvalue weighted by Gasteiger charge is 2.18. The molecule has 2 atom stereocenters. The summed E-state index contributed by atoms with van der Waals surface area (Å²) in [6.07, 6.45) is 9.57. The first kappa shape index (κ1) is 14.0. The number of rotatable bonds is 8. The van der Waals surface area contributed by atoms with E-state index in [0.29, 0.717) is 12.1 Å². The molecule has 1 fully saturated rings. The fourth-order valence-corrected chi connectivity index (χ4v) is 2.66. The summed E-state index contributed by atoms with van der Waals surface area (Å²) in [6.45, 7) is 5.60. The van der Waals surface area contributed by atoms with E-state index in [1.54, 1.807) is 0 Å². The van der Waals surface area contributed by atoms with Crippen molar-refractivity contribution in [1.29, 1.82) is 0 Å². The molecule has 0 saturated carbocycles. The minimum atomic E-state index is 0.553. The van der Waals surface area contributed by atoms with Crippen LogP contribution in [0.5, 0.6) is 0 Å². The van der Waals surface area contributed by atoms with Crippen LogP contribution in [-0.2, 0) is 4.74 Å². The Morgan fingerprint density at radius 1 is 1.31 bits per heavy atom. The van der Waals surface area contributed by atoms with E-state index in [1.807, 2.05) is 0 Å². The van der Waals surface area contributed by atoms with Crippen LogP contribution in [0.1, 0.15) is 58.8 Å². The average molecular weight is 227 g/mol. The van der Waals surface area contributed by atoms with E-state index in [1.165, 1.54) is 44.9 Å². The number of hydrogen-bond acceptors (Lipinski definition) is 2. The Morgan fingerprint density at radius 2 is 2.06 bits per heavy atom. The molecule has 1 aliphatic heterocycles. The van der Waals surface area contributed by atoms with Gasteiger partial charge in [-0.1, -0.05) is 26.7 Å². The molecule has 0 aromatic rings. The second kappa shape index (κ2) is 8.08. The number of nitrogens with one attached hydrogen (secondary N) is 1. The summed E-state index contributed by atoms with van der Waals surface area (Å²) in [4.78, 5) is 0. The van der Waals surface area contributed by atoms with Crippen LogP contribution in [0, 0.1) is 5.92 Å². The lowest BCUT2D eigenvalue weighted by Crippen LogP contribution is -2.29. The molecule has 0 aromatic heterocycles. The predicted molar refractivity (Wildman–Crippen MR) is 69.7 cm³/mol. The van der Waals surface area contributed by atoms with Gasteiger partial charge in [0.2, 0.25) is 0 Å². The minimum Gasteiger partial charge on any atom is -0.378 e. The highest BCUT2D eigenvalue weighted by Crippen LogP contribution is 2.21. The van der Waals surface area contributed by atoms with Gasteiger partial charge in [-0.2, -0.15) is 0 Å². The number of ether oxygens (including phenoxy) is 1. The first-order valence-corrected chi connectivity index (χ1v) is 7.09. The smallest absolute Gasteiger partial charge is 0.0576 e. The largest absolute Gasteiger partial charge is 0.378 e. The van der Waals surface area contributed by atoms with Crippen molar-refractivity contribution >= 4 is 0 Å². The predicted octanol–water partition coefficient (Wildman–Crippen LogP) is 3.36. The molecule has 96 valence electrons. The van der Waals surface area contributed by atoms with Gasteiger partial charge in [0.25, 0.3) is 0 Å². The van der Waals surface area contributed by atoms with Crippen molar-refractivity contribution in [3.8, 4) is 0 Å². The summed E-state index contributed by atoms with van der Waals surface area (Å²) in [5.41, 5.74) is 0. The van der Waals surface area contributed by atoms with Crippen LogP contribution < -0.4 is 5.32 Å². The molecule has 0 amide bonds. The van der Waals surface area contributed by atoms with Crippen molar-refractivity contribution in [3.05, 3.63) is 0 Å². The van der Waals surface area contributed by atoms with Gasteiger partial charge in [-0.15, -0.1) is 0 Å². The summed E-state index contributed by atoms with van der Waals surface area (Å²) < 4.78 is 5.68. The molecular formula is C14H29NO. The van der Waals surface area contributed by atoms with Crippen LogP contribution in [0.4, 0.5) is 0 Å². The van der Waals surface area contributed by atoms with E-state index in [4.69, 9.17) is 4.74 Å². The summed E-state index contributed by atoms with van der Waals surface area (Å²) in [6, 6.07) is 0.689. The molecule has 2 heteroatoms. The third-order valence-electron chi connectivity index (χ3n) is 4.04. The van der Waals surface area contributed by atoms with Crippen molar-refractivity contribution < 1.29 is 4.74 Å². The molecule has 0 aliphatic carbocycles. The SMILES string of the molecule is CCC(CC)CC(CCC1CCCO1)NC. The van der Waals surface area contributed by atoms with Gasteiger partial charge in [-0.25, -0.2) is 0 Å². The van der Waals surface area contributed by atoms with Crippen LogP contribution >= 0.6 is 0 Å². The van der Waals surface area contributed by atoms with E-state index in [9.17, 15) is 0 Å². The maximum Gasteiger partial charge on any atom is 0.0576 e. The summed E-state index contributed by atoms with van der Waals surface area (Å²) in [5, 5.41) is 3.47. The Hall–Kier alpha value is -0.0800. The van der Waals surface area contributed by atoms with Crippen molar-refractivity contribution in [1.82, 2.24) is 5.32 Å². The second-order valence-corrected chi connectivity index (χ2v) is 5.12. The van der Waals surface area contributed by atoms with E-state index in [2.05, 4.69) is 26.2 Å². The van der Waals surface area contributed by atoms with Gasteiger partial charge in [0.05, 0.1) is 6.10 Å². The molecule has 2 unspecified atom stereocenters. The molecular weight excluding hydrogens is 198 g/mol. The van der Waals surface area contributed by atoms with Crippen LogP contribution in [0.3, 0.4) is 0 Å². The van der Waals surface area contributed by atoms with Crippen LogP contribution in [0.2, 0.25) is 0 Å². The van der Waals surface area contributed by atoms with Gasteiger partial charge >= 0.3 is 0 Å². The zero-order valence-electron chi connectivity index (χ0n) is 11.3. The van der Waals surface area contributed by atoms with Gasteiger partial charge in [-0.05, 0) is 45.1 Å². The van der Waals surface area contributed by atoms with Gasteiger partial charge in [0.15, 0.2) is 0 Å². The number of hydrogen-bond donors (Lipinski definition) is 1. The quantitative estimate of drug-likeness (QED) is 0.686. The first-order valence-electron chi connectivity index (χ1n) is 7.09. The molecule has 0 radical (unpaired) electrons. The zero-order chi connectivity index (χ0) is 11.8. The Bertz CT molecular complexity index is 162. The van der Waals surface area contributed by atoms with Crippen LogP contribution in [0.15, 0.2) is 0 Å². The summed E-state index contributed by atoms with van der Waals surface area (Å²) in [7, 11) is 2.10. The third-order valence-corrected chi connectivity index (χ3v) is 4.04. The summed E-state index contributed by atoms with van der Waals surface area (Å²) in [5.74, 6) is 0.891. The van der Waals surface area contributed by atoms with Crippen molar-refractivity contribution in [2.24, 2.45) is 5.92 Å². The maximum atomic E-state index is 5.68. The van der Waals surface area contributed by atoms with Gasteiger partial charge in [0, 0.05) is 12.6 Å². The first-order chi connectivity index (χ1) is 7.80. The topological polar surface area (TPSA) is 21.3 Å². The molecule has 0 spiro atoms. The average Bonchev–Trinajstić information content (AvgIpc) is 2.83. The Kier molecular flexibility index (Phi) is 7.06. The lowest BCUT2D eigenvalue weighted by atomic mass is 9.92. The standard InChI is InChI=1S/C14H29NO/c1-4-12(5-2)11-13(15-3)8-9-14-7-6-10-16-14/h12-15H,4-11H2,1-3H3. The Labute approximate surface area is 101 Å². The molecule has 0 bridgehead atoms. The highest BCUT2D eigenvalue weighted by molar-refractivity contribution is 4.73. The Morgan fingerprint density at radius 3 is 2.56 bits per heavy atom. The molecule has 1 rings (SSSR count). The van der Waals surface area contributed by atoms with Crippen molar-refractivity contribution in [3.63, 3.8) is 0 Å². The fourth-order valence-electron chi connectivity index (χ4n) is 2.66. The molecule has 2 nitrogen and oxygen atoms in total. The second-order valence-electron chi connectivity index (χ2n) is 5.12. The van der Waals surface area contributed by atoms with E-state index in [0.717, 1.165) is 12.5 Å². The third kappa shape index (κ3) is 4.84. The molecule has 1 N–H and O–H groups in total.